The highest BCUT2D eigenvalue weighted by molar-refractivity contribution is 7.99. The molecule has 0 radical (unpaired) electrons. The molecule has 0 fully saturated rings. The van der Waals surface area contributed by atoms with Crippen molar-refractivity contribution in [3.8, 4) is 11.8 Å². The summed E-state index contributed by atoms with van der Waals surface area (Å²) >= 11 is 1.95. The lowest BCUT2D eigenvalue weighted by Gasteiger charge is -2.33. The van der Waals surface area contributed by atoms with Gasteiger partial charge in [0.25, 0.3) is 0 Å². The van der Waals surface area contributed by atoms with Crippen molar-refractivity contribution < 1.29 is 0 Å². The fourth-order valence-corrected chi connectivity index (χ4v) is 2.02. The van der Waals surface area contributed by atoms with Crippen molar-refractivity contribution in [3.05, 3.63) is 0 Å². The van der Waals surface area contributed by atoms with Gasteiger partial charge in [0.15, 0.2) is 0 Å². The van der Waals surface area contributed by atoms with E-state index in [1.54, 1.807) is 0 Å². The van der Waals surface area contributed by atoms with Gasteiger partial charge < -0.3 is 0 Å². The lowest BCUT2D eigenvalue weighted by molar-refractivity contribution is 0.158. The van der Waals surface area contributed by atoms with Gasteiger partial charge in [0.1, 0.15) is 0 Å². The summed E-state index contributed by atoms with van der Waals surface area (Å²) in [4.78, 5) is 2.46. The Kier molecular flexibility index (Phi) is 4.15. The van der Waals surface area contributed by atoms with Crippen LogP contribution in [0.2, 0.25) is 0 Å². The molecule has 1 heterocycles. The van der Waals surface area contributed by atoms with Gasteiger partial charge in [-0.1, -0.05) is 11.8 Å². The lowest BCUT2D eigenvalue weighted by atomic mass is 10.1. The first-order valence-electron chi connectivity index (χ1n) is 4.89. The van der Waals surface area contributed by atoms with Crippen molar-refractivity contribution in [2.75, 3.05) is 24.6 Å². The molecule has 0 aliphatic carbocycles. The van der Waals surface area contributed by atoms with E-state index in [-0.39, 0.29) is 5.54 Å². The predicted molar refractivity (Wildman–Crippen MR) is 61.0 cm³/mol. The van der Waals surface area contributed by atoms with E-state index in [4.69, 9.17) is 0 Å². The Labute approximate surface area is 86.3 Å². The lowest BCUT2D eigenvalue weighted by Crippen LogP contribution is -2.42. The van der Waals surface area contributed by atoms with Gasteiger partial charge in [0.2, 0.25) is 0 Å². The van der Waals surface area contributed by atoms with E-state index in [2.05, 4.69) is 37.5 Å². The Morgan fingerprint density at radius 2 is 2.00 bits per heavy atom. The van der Waals surface area contributed by atoms with Crippen LogP contribution in [-0.2, 0) is 0 Å². The summed E-state index contributed by atoms with van der Waals surface area (Å²) in [5.74, 6) is 8.70. The van der Waals surface area contributed by atoms with E-state index in [0.717, 1.165) is 12.3 Å². The maximum absolute atomic E-state index is 3.24. The van der Waals surface area contributed by atoms with Crippen molar-refractivity contribution in [1.82, 2.24) is 4.90 Å². The minimum atomic E-state index is 0.268. The van der Waals surface area contributed by atoms with Crippen molar-refractivity contribution in [2.45, 2.75) is 32.7 Å². The molecule has 1 aliphatic rings. The summed E-state index contributed by atoms with van der Waals surface area (Å²) in [7, 11) is 0. The van der Waals surface area contributed by atoms with Crippen LogP contribution in [0, 0.1) is 11.8 Å². The number of thioether (sulfide) groups is 1. The highest BCUT2D eigenvalue weighted by atomic mass is 32.2. The fraction of sp³-hybridized carbons (Fsp3) is 0.818. The largest absolute Gasteiger partial charge is 0.287 e. The number of rotatable bonds is 0. The first-order chi connectivity index (χ1) is 6.11. The molecular weight excluding hydrogens is 178 g/mol. The molecule has 0 aromatic heterocycles. The quantitative estimate of drug-likeness (QED) is 0.548. The summed E-state index contributed by atoms with van der Waals surface area (Å²) in [6.07, 6.45) is 1.28. The Morgan fingerprint density at radius 3 is 2.69 bits per heavy atom. The molecule has 0 spiro atoms. The number of hydrogen-bond acceptors (Lipinski definition) is 2. The second kappa shape index (κ2) is 4.93. The molecule has 1 rings (SSSR count). The molecular formula is C11H19NS. The van der Waals surface area contributed by atoms with E-state index < -0.39 is 0 Å². The molecule has 2 heteroatoms. The summed E-state index contributed by atoms with van der Waals surface area (Å²) in [6, 6.07) is 0. The van der Waals surface area contributed by atoms with Crippen LogP contribution in [0.3, 0.4) is 0 Å². The SMILES string of the molecule is CC(C)(C)N1CC#CCSCCC1. The van der Waals surface area contributed by atoms with E-state index in [9.17, 15) is 0 Å². The van der Waals surface area contributed by atoms with Gasteiger partial charge in [-0.15, -0.1) is 11.8 Å². The van der Waals surface area contributed by atoms with Gasteiger partial charge in [-0.25, -0.2) is 0 Å². The molecule has 0 saturated heterocycles. The molecule has 0 N–H and O–H groups in total. The van der Waals surface area contributed by atoms with E-state index in [1.165, 1.54) is 18.7 Å². The monoisotopic (exact) mass is 197 g/mol. The molecule has 0 bridgehead atoms. The van der Waals surface area contributed by atoms with Crippen molar-refractivity contribution in [2.24, 2.45) is 0 Å². The summed E-state index contributed by atoms with van der Waals surface area (Å²) in [5, 5.41) is 0. The van der Waals surface area contributed by atoms with Crippen LogP contribution in [0.5, 0.6) is 0 Å². The zero-order valence-electron chi connectivity index (χ0n) is 8.89. The van der Waals surface area contributed by atoms with Gasteiger partial charge in [-0.05, 0) is 32.9 Å². The Hall–Kier alpha value is -0.130. The van der Waals surface area contributed by atoms with Gasteiger partial charge in [-0.2, -0.15) is 0 Å². The van der Waals surface area contributed by atoms with Crippen LogP contribution >= 0.6 is 11.8 Å². The van der Waals surface area contributed by atoms with Gasteiger partial charge in [0, 0.05) is 12.1 Å². The van der Waals surface area contributed by atoms with Crippen molar-refractivity contribution in [3.63, 3.8) is 0 Å². The van der Waals surface area contributed by atoms with Crippen LogP contribution in [0.4, 0.5) is 0 Å². The molecule has 0 aromatic carbocycles. The molecule has 0 unspecified atom stereocenters. The predicted octanol–water partition coefficient (Wildman–Crippen LogP) is 2.23. The van der Waals surface area contributed by atoms with Crippen LogP contribution in [0.15, 0.2) is 0 Å². The zero-order valence-corrected chi connectivity index (χ0v) is 9.71. The molecule has 1 nitrogen and oxygen atoms in total. The zero-order chi connectivity index (χ0) is 9.73. The highest BCUT2D eigenvalue weighted by Gasteiger charge is 2.19. The number of hydrogen-bond donors (Lipinski definition) is 0. The van der Waals surface area contributed by atoms with Crippen molar-refractivity contribution in [1.29, 1.82) is 0 Å². The molecule has 0 atom stereocenters. The molecule has 13 heavy (non-hydrogen) atoms. The van der Waals surface area contributed by atoms with E-state index in [0.29, 0.717) is 0 Å². The summed E-state index contributed by atoms with van der Waals surface area (Å²) in [6.45, 7) is 8.91. The maximum Gasteiger partial charge on any atom is 0.0606 e. The van der Waals surface area contributed by atoms with Crippen LogP contribution in [0.25, 0.3) is 0 Å². The molecule has 0 amide bonds. The van der Waals surface area contributed by atoms with E-state index in [1.807, 2.05) is 11.8 Å². The molecule has 0 aromatic rings. The minimum absolute atomic E-state index is 0.268. The minimum Gasteiger partial charge on any atom is -0.287 e. The van der Waals surface area contributed by atoms with Crippen LogP contribution < -0.4 is 0 Å². The second-order valence-corrected chi connectivity index (χ2v) is 5.46. The fourth-order valence-electron chi connectivity index (χ4n) is 1.33. The molecule has 74 valence electrons. The average molecular weight is 197 g/mol. The second-order valence-electron chi connectivity index (χ2n) is 4.35. The van der Waals surface area contributed by atoms with Gasteiger partial charge >= 0.3 is 0 Å². The smallest absolute Gasteiger partial charge is 0.0606 e. The Bertz CT molecular complexity index is 206. The summed E-state index contributed by atoms with van der Waals surface area (Å²) < 4.78 is 0. The van der Waals surface area contributed by atoms with Crippen LogP contribution in [0.1, 0.15) is 27.2 Å². The third kappa shape index (κ3) is 4.06. The van der Waals surface area contributed by atoms with Gasteiger partial charge in [0.05, 0.1) is 12.3 Å². The first-order valence-corrected chi connectivity index (χ1v) is 6.05. The normalized spacial score (nSPS) is 20.8. The molecule has 0 saturated carbocycles. The van der Waals surface area contributed by atoms with Crippen LogP contribution in [-0.4, -0.2) is 35.0 Å². The van der Waals surface area contributed by atoms with Gasteiger partial charge in [-0.3, -0.25) is 4.90 Å². The number of nitrogens with zero attached hydrogens (tertiary/aromatic N) is 1. The maximum atomic E-state index is 3.24. The molecule has 1 aliphatic heterocycles. The third-order valence-electron chi connectivity index (χ3n) is 2.23. The first kappa shape index (κ1) is 10.9. The standard InChI is InChI=1S/C11H19NS/c1-11(2,3)12-7-4-5-9-13-10-6-8-12/h6-10H2,1-3H3. The van der Waals surface area contributed by atoms with E-state index >= 15 is 0 Å². The third-order valence-corrected chi connectivity index (χ3v) is 3.16. The average Bonchev–Trinajstić information content (AvgIpc) is 2.14. The Balaban J connectivity index is 2.54. The highest BCUT2D eigenvalue weighted by Crippen LogP contribution is 2.14. The Morgan fingerprint density at radius 1 is 1.23 bits per heavy atom. The summed E-state index contributed by atoms with van der Waals surface area (Å²) in [5.41, 5.74) is 0.268. The van der Waals surface area contributed by atoms with Crippen molar-refractivity contribution >= 4 is 11.8 Å². The topological polar surface area (TPSA) is 3.24 Å².